The molecule has 1 aromatic carbocycles. The van der Waals surface area contributed by atoms with Crippen molar-refractivity contribution in [3.63, 3.8) is 0 Å². The van der Waals surface area contributed by atoms with Crippen LogP contribution in [0.2, 0.25) is 0 Å². The van der Waals surface area contributed by atoms with E-state index in [0.717, 1.165) is 46.0 Å². The molecular formula is C20H32N2O2. The Labute approximate surface area is 146 Å². The van der Waals surface area contributed by atoms with Gasteiger partial charge in [0.2, 0.25) is 0 Å². The highest BCUT2D eigenvalue weighted by Gasteiger charge is 2.46. The quantitative estimate of drug-likeness (QED) is 0.717. The van der Waals surface area contributed by atoms with E-state index >= 15 is 0 Å². The van der Waals surface area contributed by atoms with Gasteiger partial charge >= 0.3 is 0 Å². The first-order valence-corrected chi connectivity index (χ1v) is 9.31. The molecule has 134 valence electrons. The minimum atomic E-state index is 0.0190. The predicted molar refractivity (Wildman–Crippen MR) is 97.1 cm³/mol. The molecule has 0 bridgehead atoms. The van der Waals surface area contributed by atoms with Crippen LogP contribution in [0.4, 0.5) is 0 Å². The van der Waals surface area contributed by atoms with Gasteiger partial charge in [0.05, 0.1) is 25.4 Å². The second-order valence-corrected chi connectivity index (χ2v) is 7.58. The maximum atomic E-state index is 6.35. The van der Waals surface area contributed by atoms with Crippen LogP contribution in [0, 0.1) is 5.92 Å². The van der Waals surface area contributed by atoms with Crippen LogP contribution in [0.5, 0.6) is 0 Å². The van der Waals surface area contributed by atoms with Crippen molar-refractivity contribution in [3.05, 3.63) is 35.9 Å². The molecule has 2 fully saturated rings. The number of morpholine rings is 1. The van der Waals surface area contributed by atoms with E-state index in [1.165, 1.54) is 24.8 Å². The summed E-state index contributed by atoms with van der Waals surface area (Å²) in [4.78, 5) is 4.74. The number of hydrogen-bond acceptors (Lipinski definition) is 4. The molecule has 4 nitrogen and oxygen atoms in total. The number of rotatable bonds is 7. The molecule has 0 aromatic heterocycles. The fourth-order valence-electron chi connectivity index (χ4n) is 4.08. The van der Waals surface area contributed by atoms with Gasteiger partial charge in [0, 0.05) is 32.1 Å². The average Bonchev–Trinajstić information content (AvgIpc) is 2.94. The smallest absolute Gasteiger partial charge is 0.0859 e. The standard InChI is InChI=1S/C20H32N2O2/c1-21(2)11-13-23-16-19-9-6-10-20(19)17-22(12-14-24-20)15-18-7-4-3-5-8-18/h3-5,7-8,19H,6,9-17H2,1-2H3/t19-,20+/m0/s1. The van der Waals surface area contributed by atoms with Crippen molar-refractivity contribution in [3.8, 4) is 0 Å². The summed E-state index contributed by atoms with van der Waals surface area (Å²) in [7, 11) is 4.18. The van der Waals surface area contributed by atoms with Gasteiger partial charge in [-0.05, 0) is 32.5 Å². The van der Waals surface area contributed by atoms with E-state index in [0.29, 0.717) is 5.92 Å². The third-order valence-corrected chi connectivity index (χ3v) is 5.44. The Morgan fingerprint density at radius 2 is 2.12 bits per heavy atom. The van der Waals surface area contributed by atoms with E-state index in [4.69, 9.17) is 9.47 Å². The van der Waals surface area contributed by atoms with Crippen LogP contribution in [0.1, 0.15) is 24.8 Å². The van der Waals surface area contributed by atoms with E-state index in [-0.39, 0.29) is 5.60 Å². The third-order valence-electron chi connectivity index (χ3n) is 5.44. The molecule has 1 aliphatic carbocycles. The van der Waals surface area contributed by atoms with Crippen LogP contribution in [0.15, 0.2) is 30.3 Å². The monoisotopic (exact) mass is 332 g/mol. The number of likely N-dealkylation sites (N-methyl/N-ethyl adjacent to an activating group) is 1. The Balaban J connectivity index is 1.54. The van der Waals surface area contributed by atoms with E-state index in [1.54, 1.807) is 0 Å². The Bertz CT molecular complexity index is 494. The summed E-state index contributed by atoms with van der Waals surface area (Å²) in [6, 6.07) is 10.8. The lowest BCUT2D eigenvalue weighted by molar-refractivity contribution is -0.143. The second kappa shape index (κ2) is 8.43. The molecule has 1 heterocycles. The van der Waals surface area contributed by atoms with Gasteiger partial charge in [-0.1, -0.05) is 36.8 Å². The maximum absolute atomic E-state index is 6.35. The van der Waals surface area contributed by atoms with Crippen molar-refractivity contribution in [2.24, 2.45) is 5.92 Å². The fourth-order valence-corrected chi connectivity index (χ4v) is 4.08. The summed E-state index contributed by atoms with van der Waals surface area (Å²) >= 11 is 0. The SMILES string of the molecule is CN(C)CCOC[C@@H]1CCC[C@@]12CN(Cc1ccccc1)CCO2. The molecule has 1 saturated heterocycles. The van der Waals surface area contributed by atoms with E-state index in [2.05, 4.69) is 54.2 Å². The van der Waals surface area contributed by atoms with Gasteiger partial charge in [-0.3, -0.25) is 4.90 Å². The molecule has 1 aromatic rings. The molecule has 3 rings (SSSR count). The summed E-state index contributed by atoms with van der Waals surface area (Å²) in [6.07, 6.45) is 3.68. The second-order valence-electron chi connectivity index (χ2n) is 7.58. The fraction of sp³-hybridized carbons (Fsp3) is 0.700. The van der Waals surface area contributed by atoms with Crippen molar-refractivity contribution in [2.45, 2.75) is 31.4 Å². The summed E-state index contributed by atoms with van der Waals surface area (Å²) < 4.78 is 12.3. The molecule has 0 amide bonds. The lowest BCUT2D eigenvalue weighted by atomic mass is 9.89. The minimum Gasteiger partial charge on any atom is -0.380 e. The first-order chi connectivity index (χ1) is 11.7. The highest BCUT2D eigenvalue weighted by atomic mass is 16.5. The van der Waals surface area contributed by atoms with Gasteiger partial charge in [-0.15, -0.1) is 0 Å². The maximum Gasteiger partial charge on any atom is 0.0859 e. The van der Waals surface area contributed by atoms with Crippen LogP contribution < -0.4 is 0 Å². The number of benzene rings is 1. The van der Waals surface area contributed by atoms with Crippen molar-refractivity contribution in [1.29, 1.82) is 0 Å². The largest absolute Gasteiger partial charge is 0.380 e. The molecule has 0 N–H and O–H groups in total. The molecule has 1 saturated carbocycles. The lowest BCUT2D eigenvalue weighted by Crippen LogP contribution is -2.54. The first kappa shape index (κ1) is 17.9. The summed E-state index contributed by atoms with van der Waals surface area (Å²) in [6.45, 7) is 6.59. The zero-order valence-corrected chi connectivity index (χ0v) is 15.2. The highest BCUT2D eigenvalue weighted by Crippen LogP contribution is 2.41. The van der Waals surface area contributed by atoms with Crippen molar-refractivity contribution < 1.29 is 9.47 Å². The Hall–Kier alpha value is -0.940. The molecule has 0 radical (unpaired) electrons. The van der Waals surface area contributed by atoms with Crippen LogP contribution in [-0.2, 0) is 16.0 Å². The van der Waals surface area contributed by atoms with E-state index in [1.807, 2.05) is 0 Å². The zero-order valence-electron chi connectivity index (χ0n) is 15.2. The van der Waals surface area contributed by atoms with Crippen LogP contribution in [-0.4, -0.2) is 69.0 Å². The summed E-state index contributed by atoms with van der Waals surface area (Å²) in [5.41, 5.74) is 1.41. The average molecular weight is 332 g/mol. The van der Waals surface area contributed by atoms with Gasteiger partial charge < -0.3 is 14.4 Å². The number of nitrogens with zero attached hydrogens (tertiary/aromatic N) is 2. The predicted octanol–water partition coefficient (Wildman–Crippen LogP) is 2.64. The summed E-state index contributed by atoms with van der Waals surface area (Å²) in [5.74, 6) is 0.540. The van der Waals surface area contributed by atoms with Crippen LogP contribution in [0.3, 0.4) is 0 Å². The molecular weight excluding hydrogens is 300 g/mol. The van der Waals surface area contributed by atoms with Crippen LogP contribution in [0.25, 0.3) is 0 Å². The van der Waals surface area contributed by atoms with E-state index < -0.39 is 0 Å². The molecule has 1 spiro atoms. The molecule has 4 heteroatoms. The van der Waals surface area contributed by atoms with Crippen LogP contribution >= 0.6 is 0 Å². The Morgan fingerprint density at radius 1 is 1.29 bits per heavy atom. The van der Waals surface area contributed by atoms with Gasteiger partial charge in [0.25, 0.3) is 0 Å². The van der Waals surface area contributed by atoms with Crippen molar-refractivity contribution in [2.75, 3.05) is 53.6 Å². The molecule has 1 aliphatic heterocycles. The third kappa shape index (κ3) is 4.57. The number of ether oxygens (including phenoxy) is 2. The highest BCUT2D eigenvalue weighted by molar-refractivity contribution is 5.15. The van der Waals surface area contributed by atoms with Crippen molar-refractivity contribution >= 4 is 0 Å². The Kier molecular flexibility index (Phi) is 6.28. The van der Waals surface area contributed by atoms with Gasteiger partial charge in [0.15, 0.2) is 0 Å². The topological polar surface area (TPSA) is 24.9 Å². The molecule has 2 aliphatic rings. The molecule has 0 unspecified atom stereocenters. The lowest BCUT2D eigenvalue weighted by Gasteiger charge is -2.44. The van der Waals surface area contributed by atoms with Crippen molar-refractivity contribution in [1.82, 2.24) is 9.80 Å². The first-order valence-electron chi connectivity index (χ1n) is 9.31. The van der Waals surface area contributed by atoms with E-state index in [9.17, 15) is 0 Å². The summed E-state index contributed by atoms with van der Waals surface area (Å²) in [5, 5.41) is 0. The minimum absolute atomic E-state index is 0.0190. The molecule has 24 heavy (non-hydrogen) atoms. The van der Waals surface area contributed by atoms with Gasteiger partial charge in [-0.25, -0.2) is 0 Å². The zero-order chi connectivity index (χ0) is 16.8. The van der Waals surface area contributed by atoms with Gasteiger partial charge in [-0.2, -0.15) is 0 Å². The van der Waals surface area contributed by atoms with Gasteiger partial charge in [0.1, 0.15) is 0 Å². The number of hydrogen-bond donors (Lipinski definition) is 0. The molecule has 2 atom stereocenters. The normalized spacial score (nSPS) is 28.0. The Morgan fingerprint density at radius 3 is 2.92 bits per heavy atom.